The highest BCUT2D eigenvalue weighted by molar-refractivity contribution is 6.01. The summed E-state index contributed by atoms with van der Waals surface area (Å²) in [6.45, 7) is 4.01. The maximum Gasteiger partial charge on any atom is 0.295 e. The molecule has 0 aliphatic heterocycles. The lowest BCUT2D eigenvalue weighted by molar-refractivity contribution is 0.101. The Kier molecular flexibility index (Phi) is 4.30. The molecule has 134 valence electrons. The molecule has 0 saturated heterocycles. The Hall–Kier alpha value is -3.67. The molecule has 0 spiro atoms. The fraction of sp³-hybridized carbons (Fsp3) is 0.0952. The van der Waals surface area contributed by atoms with E-state index in [9.17, 15) is 4.79 Å². The maximum atomic E-state index is 12.6. The third-order valence-electron chi connectivity index (χ3n) is 4.14. The van der Waals surface area contributed by atoms with Crippen molar-refractivity contribution >= 4 is 11.6 Å². The molecule has 1 amide bonds. The lowest BCUT2D eigenvalue weighted by Crippen LogP contribution is -2.14. The number of benzene rings is 2. The van der Waals surface area contributed by atoms with E-state index in [1.54, 1.807) is 23.1 Å². The number of furan rings is 1. The van der Waals surface area contributed by atoms with Crippen LogP contribution in [0, 0.1) is 13.8 Å². The van der Waals surface area contributed by atoms with Crippen LogP contribution in [0.4, 0.5) is 5.69 Å². The smallest absolute Gasteiger partial charge is 0.295 e. The van der Waals surface area contributed by atoms with E-state index in [4.69, 9.17) is 4.42 Å². The molecule has 1 N–H and O–H groups in total. The number of carbonyl (C=O) groups is 1. The summed E-state index contributed by atoms with van der Waals surface area (Å²) in [5.74, 6) is 0.704. The largest absolute Gasteiger partial charge is 0.461 e. The highest BCUT2D eigenvalue weighted by Gasteiger charge is 2.20. The molecule has 6 heteroatoms. The highest BCUT2D eigenvalue weighted by Crippen LogP contribution is 2.22. The first kappa shape index (κ1) is 16.8. The first-order valence-electron chi connectivity index (χ1n) is 8.56. The van der Waals surface area contributed by atoms with Crippen LogP contribution in [0.25, 0.3) is 17.3 Å². The standard InChI is InChI=1S/C21H18N4O2/c1-14-5-9-16(10-6-14)22-21(26)19-23-20(18-4-3-13-27-18)25(24-19)17-11-7-15(2)8-12-17/h3-13H,1-2H3,(H,22,26). The van der Waals surface area contributed by atoms with Crippen molar-refractivity contribution in [3.05, 3.63) is 83.9 Å². The third-order valence-corrected chi connectivity index (χ3v) is 4.14. The lowest BCUT2D eigenvalue weighted by atomic mass is 10.2. The van der Waals surface area contributed by atoms with Crippen molar-refractivity contribution < 1.29 is 9.21 Å². The zero-order valence-electron chi connectivity index (χ0n) is 15.0. The van der Waals surface area contributed by atoms with Crippen molar-refractivity contribution in [2.24, 2.45) is 0 Å². The summed E-state index contributed by atoms with van der Waals surface area (Å²) in [6.07, 6.45) is 1.57. The summed E-state index contributed by atoms with van der Waals surface area (Å²) in [6, 6.07) is 18.9. The topological polar surface area (TPSA) is 73.0 Å². The summed E-state index contributed by atoms with van der Waals surface area (Å²) in [5, 5.41) is 7.24. The molecule has 4 rings (SSSR count). The minimum absolute atomic E-state index is 0.0718. The molecular weight excluding hydrogens is 340 g/mol. The van der Waals surface area contributed by atoms with Crippen molar-refractivity contribution in [1.29, 1.82) is 0 Å². The Morgan fingerprint density at radius 1 is 0.963 bits per heavy atom. The highest BCUT2D eigenvalue weighted by atomic mass is 16.3. The second kappa shape index (κ2) is 6.92. The first-order chi connectivity index (χ1) is 13.1. The quantitative estimate of drug-likeness (QED) is 0.587. The van der Waals surface area contributed by atoms with Crippen LogP contribution in [0.5, 0.6) is 0 Å². The van der Waals surface area contributed by atoms with Crippen LogP contribution < -0.4 is 5.32 Å². The number of anilines is 1. The third kappa shape index (κ3) is 3.50. The van der Waals surface area contributed by atoms with Crippen molar-refractivity contribution in [1.82, 2.24) is 14.8 Å². The van der Waals surface area contributed by atoms with Crippen LogP contribution in [0.1, 0.15) is 21.7 Å². The van der Waals surface area contributed by atoms with Gasteiger partial charge in [-0.2, -0.15) is 4.98 Å². The number of amides is 1. The molecular formula is C21H18N4O2. The number of aryl methyl sites for hydroxylation is 2. The van der Waals surface area contributed by atoms with E-state index < -0.39 is 0 Å². The number of carbonyl (C=O) groups excluding carboxylic acids is 1. The minimum atomic E-state index is -0.377. The Balaban J connectivity index is 1.71. The Bertz CT molecular complexity index is 1060. The van der Waals surface area contributed by atoms with Crippen molar-refractivity contribution in [3.8, 4) is 17.3 Å². The van der Waals surface area contributed by atoms with E-state index in [2.05, 4.69) is 15.4 Å². The molecule has 0 aliphatic carbocycles. The molecule has 0 unspecified atom stereocenters. The second-order valence-corrected chi connectivity index (χ2v) is 6.30. The van der Waals surface area contributed by atoms with E-state index in [-0.39, 0.29) is 11.7 Å². The van der Waals surface area contributed by atoms with Gasteiger partial charge < -0.3 is 9.73 Å². The summed E-state index contributed by atoms with van der Waals surface area (Å²) < 4.78 is 7.09. The van der Waals surface area contributed by atoms with Gasteiger partial charge in [-0.1, -0.05) is 35.4 Å². The predicted octanol–water partition coefficient (Wildman–Crippen LogP) is 4.40. The number of hydrogen-bond acceptors (Lipinski definition) is 4. The number of rotatable bonds is 4. The van der Waals surface area contributed by atoms with Gasteiger partial charge in [0.05, 0.1) is 12.0 Å². The van der Waals surface area contributed by atoms with Crippen molar-refractivity contribution in [3.63, 3.8) is 0 Å². The second-order valence-electron chi connectivity index (χ2n) is 6.30. The van der Waals surface area contributed by atoms with Gasteiger partial charge in [-0.3, -0.25) is 4.79 Å². The van der Waals surface area contributed by atoms with Crippen LogP contribution in [-0.4, -0.2) is 20.7 Å². The lowest BCUT2D eigenvalue weighted by Gasteiger charge is -2.04. The van der Waals surface area contributed by atoms with E-state index in [1.165, 1.54) is 0 Å². The van der Waals surface area contributed by atoms with Gasteiger partial charge in [-0.05, 0) is 50.2 Å². The predicted molar refractivity (Wildman–Crippen MR) is 103 cm³/mol. The fourth-order valence-electron chi connectivity index (χ4n) is 2.66. The average molecular weight is 358 g/mol. The van der Waals surface area contributed by atoms with Gasteiger partial charge >= 0.3 is 0 Å². The monoisotopic (exact) mass is 358 g/mol. The Labute approximate surface area is 156 Å². The number of nitrogens with zero attached hydrogens (tertiary/aromatic N) is 3. The SMILES string of the molecule is Cc1ccc(NC(=O)c2nc(-c3ccco3)n(-c3ccc(C)cc3)n2)cc1. The summed E-state index contributed by atoms with van der Waals surface area (Å²) in [4.78, 5) is 17.1. The molecule has 0 atom stereocenters. The zero-order chi connectivity index (χ0) is 18.8. The molecule has 0 fully saturated rings. The van der Waals surface area contributed by atoms with E-state index in [1.807, 2.05) is 62.4 Å². The molecule has 0 aliphatic rings. The molecule has 0 radical (unpaired) electrons. The minimum Gasteiger partial charge on any atom is -0.461 e. The van der Waals surface area contributed by atoms with Gasteiger partial charge in [0.15, 0.2) is 11.6 Å². The van der Waals surface area contributed by atoms with Gasteiger partial charge in [-0.25, -0.2) is 4.68 Å². The van der Waals surface area contributed by atoms with Gasteiger partial charge in [0, 0.05) is 5.69 Å². The van der Waals surface area contributed by atoms with Crippen molar-refractivity contribution in [2.75, 3.05) is 5.32 Å². The molecule has 6 nitrogen and oxygen atoms in total. The van der Waals surface area contributed by atoms with Crippen LogP contribution >= 0.6 is 0 Å². The van der Waals surface area contributed by atoms with Crippen molar-refractivity contribution in [2.45, 2.75) is 13.8 Å². The number of aromatic nitrogens is 3. The zero-order valence-corrected chi connectivity index (χ0v) is 15.0. The molecule has 0 saturated carbocycles. The number of nitrogens with one attached hydrogen (secondary N) is 1. The fourth-order valence-corrected chi connectivity index (χ4v) is 2.66. The summed E-state index contributed by atoms with van der Waals surface area (Å²) >= 11 is 0. The van der Waals surface area contributed by atoms with Crippen LogP contribution in [-0.2, 0) is 0 Å². The van der Waals surface area contributed by atoms with Gasteiger partial charge in [-0.15, -0.1) is 5.10 Å². The van der Waals surface area contributed by atoms with Gasteiger partial charge in [0.1, 0.15) is 0 Å². The molecule has 27 heavy (non-hydrogen) atoms. The van der Waals surface area contributed by atoms with Gasteiger partial charge in [0.25, 0.3) is 5.91 Å². The summed E-state index contributed by atoms with van der Waals surface area (Å²) in [5.41, 5.74) is 3.75. The van der Waals surface area contributed by atoms with E-state index >= 15 is 0 Å². The summed E-state index contributed by atoms with van der Waals surface area (Å²) in [7, 11) is 0. The molecule has 2 aromatic carbocycles. The van der Waals surface area contributed by atoms with Gasteiger partial charge in [0.2, 0.25) is 5.82 Å². The molecule has 0 bridgehead atoms. The molecule has 4 aromatic rings. The Morgan fingerprint density at radius 3 is 2.26 bits per heavy atom. The Morgan fingerprint density at radius 2 is 1.63 bits per heavy atom. The van der Waals surface area contributed by atoms with Crippen LogP contribution in [0.2, 0.25) is 0 Å². The first-order valence-corrected chi connectivity index (χ1v) is 8.56. The average Bonchev–Trinajstić information content (AvgIpc) is 3.33. The number of hydrogen-bond donors (Lipinski definition) is 1. The normalized spacial score (nSPS) is 10.7. The maximum absolute atomic E-state index is 12.6. The molecule has 2 aromatic heterocycles. The van der Waals surface area contributed by atoms with Crippen LogP contribution in [0.3, 0.4) is 0 Å². The molecule has 2 heterocycles. The van der Waals surface area contributed by atoms with E-state index in [0.29, 0.717) is 17.3 Å². The van der Waals surface area contributed by atoms with Crippen LogP contribution in [0.15, 0.2) is 71.3 Å². The van der Waals surface area contributed by atoms with E-state index in [0.717, 1.165) is 16.8 Å².